The zero-order valence-electron chi connectivity index (χ0n) is 17.1. The van der Waals surface area contributed by atoms with Crippen molar-refractivity contribution in [2.75, 3.05) is 12.8 Å². The number of nitrogens with two attached hydrogens (primary N) is 1. The van der Waals surface area contributed by atoms with Crippen LogP contribution in [0, 0.1) is 6.92 Å². The molecular weight excluding hydrogens is 378 g/mol. The van der Waals surface area contributed by atoms with Crippen LogP contribution in [0.5, 0.6) is 0 Å². The molecule has 0 amide bonds. The Labute approximate surface area is 174 Å². The highest BCUT2D eigenvalue weighted by Crippen LogP contribution is 2.24. The van der Waals surface area contributed by atoms with E-state index in [1.165, 1.54) is 0 Å². The van der Waals surface area contributed by atoms with E-state index in [-0.39, 0.29) is 12.1 Å². The maximum absolute atomic E-state index is 5.96. The van der Waals surface area contributed by atoms with Gasteiger partial charge in [-0.05, 0) is 38.1 Å². The average Bonchev–Trinajstić information content (AvgIpc) is 3.21. The van der Waals surface area contributed by atoms with Crippen LogP contribution in [0.4, 0.5) is 5.95 Å². The average molecular weight is 401 g/mol. The SMILES string of the molecule is CO[C@H](C)c1cccc(Cn2cc(-c3cc(-c4cccc(C)c4)nc(N)n3)nn2)n1. The van der Waals surface area contributed by atoms with E-state index in [2.05, 4.69) is 31.3 Å². The molecule has 0 saturated heterocycles. The summed E-state index contributed by atoms with van der Waals surface area (Å²) in [5, 5.41) is 8.49. The molecule has 4 aromatic rings. The molecule has 0 aliphatic carbocycles. The van der Waals surface area contributed by atoms with Crippen LogP contribution in [0.3, 0.4) is 0 Å². The number of rotatable bonds is 6. The fraction of sp³-hybridized carbons (Fsp3) is 0.227. The molecule has 152 valence electrons. The van der Waals surface area contributed by atoms with Crippen LogP contribution < -0.4 is 5.73 Å². The number of pyridine rings is 1. The summed E-state index contributed by atoms with van der Waals surface area (Å²) in [5.41, 5.74) is 11.8. The lowest BCUT2D eigenvalue weighted by Crippen LogP contribution is -2.06. The van der Waals surface area contributed by atoms with E-state index in [1.807, 2.05) is 62.5 Å². The second-order valence-electron chi connectivity index (χ2n) is 7.10. The number of nitrogens with zero attached hydrogens (tertiary/aromatic N) is 6. The molecule has 0 fully saturated rings. The van der Waals surface area contributed by atoms with Crippen molar-refractivity contribution in [3.8, 4) is 22.6 Å². The summed E-state index contributed by atoms with van der Waals surface area (Å²) in [4.78, 5) is 13.3. The molecule has 3 aromatic heterocycles. The van der Waals surface area contributed by atoms with Crippen LogP contribution in [-0.2, 0) is 11.3 Å². The van der Waals surface area contributed by atoms with Crippen LogP contribution in [-0.4, -0.2) is 37.1 Å². The third-order valence-electron chi connectivity index (χ3n) is 4.78. The van der Waals surface area contributed by atoms with E-state index in [4.69, 9.17) is 10.5 Å². The molecule has 8 nitrogen and oxygen atoms in total. The first-order chi connectivity index (χ1) is 14.5. The van der Waals surface area contributed by atoms with Crippen LogP contribution in [0.1, 0.15) is 30.0 Å². The number of aromatic nitrogens is 6. The third kappa shape index (κ3) is 4.33. The van der Waals surface area contributed by atoms with Gasteiger partial charge in [-0.3, -0.25) is 4.98 Å². The number of hydrogen-bond acceptors (Lipinski definition) is 7. The van der Waals surface area contributed by atoms with Crippen LogP contribution in [0.2, 0.25) is 0 Å². The summed E-state index contributed by atoms with van der Waals surface area (Å²) in [6.07, 6.45) is 1.76. The molecule has 0 saturated carbocycles. The van der Waals surface area contributed by atoms with Gasteiger partial charge in [0.05, 0.1) is 41.6 Å². The van der Waals surface area contributed by atoms with E-state index in [0.29, 0.717) is 17.9 Å². The number of nitrogen functional groups attached to an aromatic ring is 1. The van der Waals surface area contributed by atoms with Gasteiger partial charge in [-0.15, -0.1) is 5.10 Å². The number of anilines is 1. The van der Waals surface area contributed by atoms with Gasteiger partial charge in [-0.2, -0.15) is 0 Å². The minimum absolute atomic E-state index is 0.0692. The molecule has 8 heteroatoms. The number of hydrogen-bond donors (Lipinski definition) is 1. The smallest absolute Gasteiger partial charge is 0.221 e. The predicted molar refractivity (Wildman–Crippen MR) is 114 cm³/mol. The van der Waals surface area contributed by atoms with E-state index >= 15 is 0 Å². The Bertz CT molecular complexity index is 1170. The summed E-state index contributed by atoms with van der Waals surface area (Å²) in [7, 11) is 1.67. The van der Waals surface area contributed by atoms with Gasteiger partial charge in [0.15, 0.2) is 0 Å². The van der Waals surface area contributed by atoms with Gasteiger partial charge in [-0.25, -0.2) is 14.6 Å². The number of methoxy groups -OCH3 is 1. The standard InChI is InChI=1S/C22H23N7O/c1-14-6-4-7-16(10-14)19-11-20(26-22(23)25-19)21-13-29(28-27-21)12-17-8-5-9-18(24-17)15(2)30-3/h4-11,13,15H,12H2,1-3H3,(H2,23,25,26)/t15-/m1/s1. The second kappa shape index (κ2) is 8.38. The largest absolute Gasteiger partial charge is 0.375 e. The highest BCUT2D eigenvalue weighted by Gasteiger charge is 2.12. The van der Waals surface area contributed by atoms with Crippen LogP contribution in [0.15, 0.2) is 54.7 Å². The highest BCUT2D eigenvalue weighted by molar-refractivity contribution is 5.67. The van der Waals surface area contributed by atoms with Crippen molar-refractivity contribution in [1.82, 2.24) is 29.9 Å². The Morgan fingerprint density at radius 1 is 1.00 bits per heavy atom. The van der Waals surface area contributed by atoms with E-state index in [0.717, 1.165) is 28.2 Å². The zero-order chi connectivity index (χ0) is 21.1. The molecule has 30 heavy (non-hydrogen) atoms. The lowest BCUT2D eigenvalue weighted by Gasteiger charge is -2.10. The maximum Gasteiger partial charge on any atom is 0.221 e. The van der Waals surface area contributed by atoms with Gasteiger partial charge >= 0.3 is 0 Å². The predicted octanol–water partition coefficient (Wildman–Crippen LogP) is 3.44. The Kier molecular flexibility index (Phi) is 5.49. The quantitative estimate of drug-likeness (QED) is 0.527. The Hall–Kier alpha value is -3.65. The molecule has 3 heterocycles. The second-order valence-corrected chi connectivity index (χ2v) is 7.10. The maximum atomic E-state index is 5.96. The Morgan fingerprint density at radius 3 is 2.60 bits per heavy atom. The van der Waals surface area contributed by atoms with Crippen molar-refractivity contribution in [3.63, 3.8) is 0 Å². The summed E-state index contributed by atoms with van der Waals surface area (Å²) in [5.74, 6) is 0.196. The molecule has 0 spiro atoms. The molecule has 0 aliphatic heterocycles. The molecule has 0 unspecified atom stereocenters. The normalized spacial score (nSPS) is 12.1. The zero-order valence-corrected chi connectivity index (χ0v) is 17.1. The van der Waals surface area contributed by atoms with Crippen molar-refractivity contribution in [2.45, 2.75) is 26.5 Å². The van der Waals surface area contributed by atoms with Crippen molar-refractivity contribution >= 4 is 5.95 Å². The lowest BCUT2D eigenvalue weighted by atomic mass is 10.1. The fourth-order valence-corrected chi connectivity index (χ4v) is 3.14. The van der Waals surface area contributed by atoms with Gasteiger partial charge in [0.2, 0.25) is 5.95 Å². The fourth-order valence-electron chi connectivity index (χ4n) is 3.14. The van der Waals surface area contributed by atoms with Crippen molar-refractivity contribution < 1.29 is 4.74 Å². The first-order valence-electron chi connectivity index (χ1n) is 9.62. The summed E-state index contributed by atoms with van der Waals surface area (Å²) >= 11 is 0. The third-order valence-corrected chi connectivity index (χ3v) is 4.78. The van der Waals surface area contributed by atoms with Gasteiger partial charge in [-0.1, -0.05) is 35.0 Å². The summed E-state index contributed by atoms with van der Waals surface area (Å²) in [6, 6.07) is 15.8. The Balaban J connectivity index is 1.60. The van der Waals surface area contributed by atoms with E-state index < -0.39 is 0 Å². The number of aryl methyl sites for hydroxylation is 1. The van der Waals surface area contributed by atoms with Gasteiger partial charge in [0, 0.05) is 12.7 Å². The first kappa shape index (κ1) is 19.7. The highest BCUT2D eigenvalue weighted by atomic mass is 16.5. The molecule has 1 aromatic carbocycles. The van der Waals surface area contributed by atoms with Gasteiger partial charge in [0.25, 0.3) is 0 Å². The first-order valence-corrected chi connectivity index (χ1v) is 9.62. The van der Waals surface area contributed by atoms with E-state index in [9.17, 15) is 0 Å². The molecule has 4 rings (SSSR count). The van der Waals surface area contributed by atoms with Crippen molar-refractivity contribution in [1.29, 1.82) is 0 Å². The molecular formula is C22H23N7O. The number of ether oxygens (including phenoxy) is 1. The molecule has 0 aliphatic rings. The summed E-state index contributed by atoms with van der Waals surface area (Å²) in [6.45, 7) is 4.49. The number of benzene rings is 1. The molecule has 2 N–H and O–H groups in total. The van der Waals surface area contributed by atoms with Gasteiger partial charge < -0.3 is 10.5 Å². The Morgan fingerprint density at radius 2 is 1.80 bits per heavy atom. The topological polar surface area (TPSA) is 105 Å². The molecule has 1 atom stereocenters. The monoisotopic (exact) mass is 401 g/mol. The lowest BCUT2D eigenvalue weighted by molar-refractivity contribution is 0.116. The minimum atomic E-state index is -0.0692. The summed E-state index contributed by atoms with van der Waals surface area (Å²) < 4.78 is 7.07. The molecule has 0 radical (unpaired) electrons. The van der Waals surface area contributed by atoms with Crippen molar-refractivity contribution in [3.05, 3.63) is 71.7 Å². The molecule has 0 bridgehead atoms. The van der Waals surface area contributed by atoms with Gasteiger partial charge in [0.1, 0.15) is 5.69 Å². The van der Waals surface area contributed by atoms with Crippen LogP contribution >= 0.6 is 0 Å². The van der Waals surface area contributed by atoms with E-state index in [1.54, 1.807) is 11.8 Å². The van der Waals surface area contributed by atoms with Crippen molar-refractivity contribution in [2.24, 2.45) is 0 Å². The van der Waals surface area contributed by atoms with Crippen LogP contribution in [0.25, 0.3) is 22.6 Å². The minimum Gasteiger partial charge on any atom is -0.375 e.